The Kier molecular flexibility index (Phi) is 3.48. The van der Waals surface area contributed by atoms with Crippen LogP contribution >= 0.6 is 15.9 Å². The van der Waals surface area contributed by atoms with Gasteiger partial charge in [0, 0.05) is 10.9 Å². The topological polar surface area (TPSA) is 17.1 Å². The molecule has 14 heavy (non-hydrogen) atoms. The van der Waals surface area contributed by atoms with Gasteiger partial charge in [-0.3, -0.25) is 0 Å². The summed E-state index contributed by atoms with van der Waals surface area (Å²) in [4.78, 5) is 10.4. The molecule has 0 aliphatic rings. The molecule has 1 nitrogen and oxygen atoms in total. The summed E-state index contributed by atoms with van der Waals surface area (Å²) in [6.07, 6.45) is 1.40. The van der Waals surface area contributed by atoms with E-state index in [1.807, 2.05) is 6.07 Å². The monoisotopic (exact) mass is 254 g/mol. The lowest BCUT2D eigenvalue weighted by atomic mass is 9.86. The number of aldehydes is 1. The highest BCUT2D eigenvalue weighted by Gasteiger charge is 2.14. The van der Waals surface area contributed by atoms with Crippen LogP contribution in [0.2, 0.25) is 0 Å². The summed E-state index contributed by atoms with van der Waals surface area (Å²) in [6, 6.07) is 6.20. The van der Waals surface area contributed by atoms with Crippen LogP contribution in [0.4, 0.5) is 0 Å². The van der Waals surface area contributed by atoms with Crippen LogP contribution in [0.3, 0.4) is 0 Å². The lowest BCUT2D eigenvalue weighted by Crippen LogP contribution is -2.11. The van der Waals surface area contributed by atoms with E-state index in [4.69, 9.17) is 0 Å². The summed E-state index contributed by atoms with van der Waals surface area (Å²) < 4.78 is 1.03. The Morgan fingerprint density at radius 1 is 1.36 bits per heavy atom. The van der Waals surface area contributed by atoms with Crippen LogP contribution in [0.1, 0.15) is 31.9 Å². The van der Waals surface area contributed by atoms with Gasteiger partial charge in [-0.25, -0.2) is 0 Å². The van der Waals surface area contributed by atoms with Crippen LogP contribution in [0.5, 0.6) is 0 Å². The van der Waals surface area contributed by atoms with Crippen LogP contribution in [-0.4, -0.2) is 6.29 Å². The number of rotatable bonds is 2. The van der Waals surface area contributed by atoms with Gasteiger partial charge in [0.25, 0.3) is 0 Å². The van der Waals surface area contributed by atoms with Gasteiger partial charge in [0.15, 0.2) is 0 Å². The molecule has 0 N–H and O–H groups in total. The standard InChI is InChI=1S/C12H15BrO/c1-12(2,3)10-5-4-9(6-7-14)11(13)8-10/h4-5,7-8H,6H2,1-3H3. The highest BCUT2D eigenvalue weighted by Crippen LogP contribution is 2.27. The Morgan fingerprint density at radius 2 is 2.00 bits per heavy atom. The van der Waals surface area contributed by atoms with E-state index in [0.29, 0.717) is 6.42 Å². The van der Waals surface area contributed by atoms with Gasteiger partial charge in [0.05, 0.1) is 0 Å². The number of hydrogen-bond donors (Lipinski definition) is 0. The zero-order valence-electron chi connectivity index (χ0n) is 8.80. The van der Waals surface area contributed by atoms with Crippen LogP contribution in [0.15, 0.2) is 22.7 Å². The highest BCUT2D eigenvalue weighted by molar-refractivity contribution is 9.10. The second-order valence-corrected chi connectivity index (χ2v) is 5.28. The fourth-order valence-electron chi connectivity index (χ4n) is 1.27. The molecule has 2 heteroatoms. The van der Waals surface area contributed by atoms with E-state index in [1.165, 1.54) is 5.56 Å². The third kappa shape index (κ3) is 2.68. The first-order valence-electron chi connectivity index (χ1n) is 4.67. The van der Waals surface area contributed by atoms with E-state index in [9.17, 15) is 4.79 Å². The van der Waals surface area contributed by atoms with E-state index >= 15 is 0 Å². The van der Waals surface area contributed by atoms with Crippen molar-refractivity contribution in [2.75, 3.05) is 0 Å². The molecule has 0 bridgehead atoms. The maximum Gasteiger partial charge on any atom is 0.124 e. The van der Waals surface area contributed by atoms with E-state index < -0.39 is 0 Å². The molecule has 0 aromatic heterocycles. The van der Waals surface area contributed by atoms with Crippen molar-refractivity contribution in [2.24, 2.45) is 0 Å². The van der Waals surface area contributed by atoms with Gasteiger partial charge in [-0.1, -0.05) is 48.8 Å². The zero-order chi connectivity index (χ0) is 10.8. The van der Waals surface area contributed by atoms with E-state index in [-0.39, 0.29) is 5.41 Å². The van der Waals surface area contributed by atoms with Crippen molar-refractivity contribution in [2.45, 2.75) is 32.6 Å². The lowest BCUT2D eigenvalue weighted by molar-refractivity contribution is -0.107. The third-order valence-corrected chi connectivity index (χ3v) is 2.96. The molecule has 0 heterocycles. The molecule has 0 saturated carbocycles. The first kappa shape index (κ1) is 11.4. The molecule has 0 aliphatic heterocycles. The number of benzene rings is 1. The molecule has 0 saturated heterocycles. The Morgan fingerprint density at radius 3 is 2.43 bits per heavy atom. The maximum atomic E-state index is 10.4. The van der Waals surface area contributed by atoms with Crippen molar-refractivity contribution in [3.8, 4) is 0 Å². The molecular weight excluding hydrogens is 240 g/mol. The van der Waals surface area contributed by atoms with E-state index in [2.05, 4.69) is 48.8 Å². The minimum Gasteiger partial charge on any atom is -0.303 e. The van der Waals surface area contributed by atoms with Gasteiger partial charge in [-0.2, -0.15) is 0 Å². The average Bonchev–Trinajstić information content (AvgIpc) is 2.07. The quantitative estimate of drug-likeness (QED) is 0.739. The average molecular weight is 255 g/mol. The predicted octanol–water partition coefficient (Wildman–Crippen LogP) is 3.49. The van der Waals surface area contributed by atoms with Gasteiger partial charge in [0.2, 0.25) is 0 Å². The minimum atomic E-state index is 0.155. The molecular formula is C12H15BrO. The van der Waals surface area contributed by atoms with Crippen LogP contribution < -0.4 is 0 Å². The molecule has 0 fully saturated rings. The number of carbonyl (C=O) groups is 1. The summed E-state index contributed by atoms with van der Waals surface area (Å²) in [5.74, 6) is 0. The molecule has 1 aromatic carbocycles. The first-order valence-corrected chi connectivity index (χ1v) is 5.47. The van der Waals surface area contributed by atoms with E-state index in [0.717, 1.165) is 16.3 Å². The highest BCUT2D eigenvalue weighted by atomic mass is 79.9. The van der Waals surface area contributed by atoms with Crippen molar-refractivity contribution >= 4 is 22.2 Å². The SMILES string of the molecule is CC(C)(C)c1ccc(CC=O)c(Br)c1. The van der Waals surface area contributed by atoms with Gasteiger partial charge < -0.3 is 4.79 Å². The first-order chi connectivity index (χ1) is 6.45. The normalized spacial score (nSPS) is 11.4. The number of carbonyl (C=O) groups excluding carboxylic acids is 1. The molecule has 0 atom stereocenters. The number of hydrogen-bond acceptors (Lipinski definition) is 1. The zero-order valence-corrected chi connectivity index (χ0v) is 10.4. The van der Waals surface area contributed by atoms with Crippen LogP contribution in [0.25, 0.3) is 0 Å². The maximum absolute atomic E-state index is 10.4. The molecule has 0 unspecified atom stereocenters. The molecule has 1 aromatic rings. The second-order valence-electron chi connectivity index (χ2n) is 4.43. The van der Waals surface area contributed by atoms with Crippen molar-refractivity contribution in [1.29, 1.82) is 0 Å². The van der Waals surface area contributed by atoms with Crippen molar-refractivity contribution < 1.29 is 4.79 Å². The fraction of sp³-hybridized carbons (Fsp3) is 0.417. The molecule has 0 spiro atoms. The van der Waals surface area contributed by atoms with Gasteiger partial charge in [0.1, 0.15) is 6.29 Å². The van der Waals surface area contributed by atoms with Crippen LogP contribution in [0, 0.1) is 0 Å². The Labute approximate surface area is 93.7 Å². The molecule has 0 radical (unpaired) electrons. The second kappa shape index (κ2) is 4.26. The summed E-state index contributed by atoms with van der Waals surface area (Å²) in [5, 5.41) is 0. The molecule has 1 rings (SSSR count). The van der Waals surface area contributed by atoms with Crippen molar-refractivity contribution in [3.05, 3.63) is 33.8 Å². The lowest BCUT2D eigenvalue weighted by Gasteiger charge is -2.19. The molecule has 0 aliphatic carbocycles. The molecule has 0 amide bonds. The number of halogens is 1. The summed E-state index contributed by atoms with van der Waals surface area (Å²) in [7, 11) is 0. The Balaban J connectivity index is 3.06. The van der Waals surface area contributed by atoms with Crippen molar-refractivity contribution in [1.82, 2.24) is 0 Å². The van der Waals surface area contributed by atoms with Gasteiger partial charge >= 0.3 is 0 Å². The predicted molar refractivity (Wildman–Crippen MR) is 62.6 cm³/mol. The van der Waals surface area contributed by atoms with Gasteiger partial charge in [-0.05, 0) is 22.6 Å². The third-order valence-electron chi connectivity index (χ3n) is 2.22. The smallest absolute Gasteiger partial charge is 0.124 e. The fourth-order valence-corrected chi connectivity index (χ4v) is 1.81. The summed E-state index contributed by atoms with van der Waals surface area (Å²) >= 11 is 3.48. The summed E-state index contributed by atoms with van der Waals surface area (Å²) in [6.45, 7) is 6.52. The van der Waals surface area contributed by atoms with Crippen LogP contribution in [-0.2, 0) is 16.6 Å². The molecule has 76 valence electrons. The van der Waals surface area contributed by atoms with Crippen molar-refractivity contribution in [3.63, 3.8) is 0 Å². The Bertz CT molecular complexity index is 337. The summed E-state index contributed by atoms with van der Waals surface area (Å²) in [5.41, 5.74) is 2.48. The van der Waals surface area contributed by atoms with E-state index in [1.54, 1.807) is 0 Å². The largest absolute Gasteiger partial charge is 0.303 e. The Hall–Kier alpha value is -0.630. The minimum absolute atomic E-state index is 0.155. The van der Waals surface area contributed by atoms with Gasteiger partial charge in [-0.15, -0.1) is 0 Å².